The van der Waals surface area contributed by atoms with E-state index in [1.54, 1.807) is 6.20 Å². The fourth-order valence-corrected chi connectivity index (χ4v) is 5.85. The maximum Gasteiger partial charge on any atom is 0.271 e. The van der Waals surface area contributed by atoms with Gasteiger partial charge in [0.15, 0.2) is 0 Å². The average molecular weight is 541 g/mol. The number of nitrogens with one attached hydrogen (secondary N) is 2. The van der Waals surface area contributed by atoms with E-state index in [9.17, 15) is 9.59 Å². The lowest BCUT2D eigenvalue weighted by atomic mass is 10.1. The van der Waals surface area contributed by atoms with Gasteiger partial charge < -0.3 is 10.6 Å². The number of carbonyl (C=O) groups is 2. The number of hydrogen-bond donors (Lipinski definition) is 2. The van der Waals surface area contributed by atoms with E-state index in [-0.39, 0.29) is 11.8 Å². The third kappa shape index (κ3) is 5.65. The first-order valence-corrected chi connectivity index (χ1v) is 14.5. The summed E-state index contributed by atoms with van der Waals surface area (Å²) in [5, 5.41) is 11.5. The molecule has 2 N–H and O–H groups in total. The van der Waals surface area contributed by atoms with Gasteiger partial charge in [0.05, 0.1) is 16.1 Å². The van der Waals surface area contributed by atoms with Gasteiger partial charge in [-0.15, -0.1) is 11.3 Å². The van der Waals surface area contributed by atoms with Gasteiger partial charge in [-0.25, -0.2) is 15.0 Å². The molecular weight excluding hydrogens is 508 g/mol. The number of fused-ring (bicyclic) bond motifs is 1. The Balaban J connectivity index is 1.20. The van der Waals surface area contributed by atoms with Crippen LogP contribution in [-0.2, 0) is 0 Å². The summed E-state index contributed by atoms with van der Waals surface area (Å²) in [7, 11) is 0. The lowest BCUT2D eigenvalue weighted by Gasteiger charge is -2.37. The van der Waals surface area contributed by atoms with Crippen molar-refractivity contribution >= 4 is 44.9 Å². The summed E-state index contributed by atoms with van der Waals surface area (Å²) in [5.41, 5.74) is 3.02. The zero-order valence-corrected chi connectivity index (χ0v) is 22.8. The highest BCUT2D eigenvalue weighted by molar-refractivity contribution is 7.20. The van der Waals surface area contributed by atoms with E-state index in [0.29, 0.717) is 34.5 Å². The van der Waals surface area contributed by atoms with Gasteiger partial charge >= 0.3 is 0 Å². The van der Waals surface area contributed by atoms with Crippen molar-refractivity contribution in [3.8, 4) is 11.3 Å². The van der Waals surface area contributed by atoms with E-state index in [1.165, 1.54) is 17.8 Å². The third-order valence-electron chi connectivity index (χ3n) is 7.21. The standard InChI is InChI=1S/C30H32N6O2S/c1-2-36(35-17-4-3-5-18-35)30(38)24-14-15-25(34-27(24)32-22-12-13-22)20-8-10-23(11-9-20)33-28(37)26-19-21-7-6-16-31-29(21)39-26/h6-11,14-16,19,22H,2-5,12-13,17-18H2,1H3,(H,32,34)(H,33,37). The Labute approximate surface area is 232 Å². The van der Waals surface area contributed by atoms with Crippen LogP contribution in [0.2, 0.25) is 0 Å². The molecule has 0 spiro atoms. The van der Waals surface area contributed by atoms with Gasteiger partial charge in [-0.3, -0.25) is 14.6 Å². The highest BCUT2D eigenvalue weighted by Gasteiger charge is 2.28. The molecule has 4 aromatic rings. The molecule has 39 heavy (non-hydrogen) atoms. The largest absolute Gasteiger partial charge is 0.367 e. The van der Waals surface area contributed by atoms with Crippen molar-refractivity contribution in [2.75, 3.05) is 30.3 Å². The van der Waals surface area contributed by atoms with Gasteiger partial charge in [0, 0.05) is 48.5 Å². The molecule has 0 radical (unpaired) electrons. The molecule has 1 aliphatic heterocycles. The molecule has 0 bridgehead atoms. The van der Waals surface area contributed by atoms with Crippen molar-refractivity contribution in [2.24, 2.45) is 0 Å². The highest BCUT2D eigenvalue weighted by Crippen LogP contribution is 2.30. The number of aromatic nitrogens is 2. The van der Waals surface area contributed by atoms with E-state index < -0.39 is 0 Å². The summed E-state index contributed by atoms with van der Waals surface area (Å²) in [4.78, 5) is 37.1. The van der Waals surface area contributed by atoms with Gasteiger partial charge in [0.25, 0.3) is 11.8 Å². The summed E-state index contributed by atoms with van der Waals surface area (Å²) in [6, 6.07) is 17.5. The van der Waals surface area contributed by atoms with E-state index in [2.05, 4.69) is 20.6 Å². The number of benzene rings is 1. The minimum absolute atomic E-state index is 0.00361. The normalized spacial score (nSPS) is 15.7. The van der Waals surface area contributed by atoms with Gasteiger partial charge in [0.2, 0.25) is 0 Å². The number of amides is 2. The van der Waals surface area contributed by atoms with E-state index in [0.717, 1.165) is 60.2 Å². The molecular formula is C30H32N6O2S. The molecule has 1 aliphatic carbocycles. The van der Waals surface area contributed by atoms with Crippen LogP contribution in [-0.4, -0.2) is 57.5 Å². The second-order valence-corrected chi connectivity index (χ2v) is 11.1. The highest BCUT2D eigenvalue weighted by atomic mass is 32.1. The summed E-state index contributed by atoms with van der Waals surface area (Å²) in [6.07, 6.45) is 7.37. The second-order valence-electron chi connectivity index (χ2n) is 10.1. The summed E-state index contributed by atoms with van der Waals surface area (Å²) < 4.78 is 0. The number of thiophene rings is 1. The first-order chi connectivity index (χ1) is 19.1. The molecule has 8 nitrogen and oxygen atoms in total. The van der Waals surface area contributed by atoms with E-state index in [1.807, 2.05) is 66.5 Å². The molecule has 2 amide bonds. The molecule has 9 heteroatoms. The number of pyridine rings is 2. The maximum absolute atomic E-state index is 13.6. The first-order valence-electron chi connectivity index (χ1n) is 13.7. The van der Waals surface area contributed by atoms with Crippen molar-refractivity contribution in [1.82, 2.24) is 20.0 Å². The summed E-state index contributed by atoms with van der Waals surface area (Å²) in [6.45, 7) is 4.49. The summed E-state index contributed by atoms with van der Waals surface area (Å²) in [5.74, 6) is 0.485. The monoisotopic (exact) mass is 540 g/mol. The van der Waals surface area contributed by atoms with Crippen LogP contribution in [0.5, 0.6) is 0 Å². The molecule has 2 aliphatic rings. The molecule has 0 unspecified atom stereocenters. The van der Waals surface area contributed by atoms with Gasteiger partial charge in [-0.1, -0.05) is 24.6 Å². The Morgan fingerprint density at radius 3 is 2.56 bits per heavy atom. The smallest absolute Gasteiger partial charge is 0.271 e. The molecule has 1 saturated heterocycles. The van der Waals surface area contributed by atoms with Crippen LogP contribution in [0, 0.1) is 0 Å². The Hall–Kier alpha value is -3.82. The van der Waals surface area contributed by atoms with Gasteiger partial charge in [-0.2, -0.15) is 0 Å². The third-order valence-corrected chi connectivity index (χ3v) is 8.27. The Morgan fingerprint density at radius 2 is 1.85 bits per heavy atom. The Kier molecular flexibility index (Phi) is 7.26. The number of hydrogen-bond acceptors (Lipinski definition) is 7. The van der Waals surface area contributed by atoms with Crippen LogP contribution in [0.4, 0.5) is 11.5 Å². The minimum atomic E-state index is -0.156. The molecule has 0 atom stereocenters. The molecule has 1 aromatic carbocycles. The molecule has 200 valence electrons. The van der Waals surface area contributed by atoms with Crippen molar-refractivity contribution in [3.63, 3.8) is 0 Å². The van der Waals surface area contributed by atoms with Crippen LogP contribution in [0.25, 0.3) is 21.5 Å². The molecule has 3 aromatic heterocycles. The minimum Gasteiger partial charge on any atom is -0.367 e. The fourth-order valence-electron chi connectivity index (χ4n) is 4.96. The van der Waals surface area contributed by atoms with Gasteiger partial charge in [-0.05, 0) is 69.0 Å². The van der Waals surface area contributed by atoms with Crippen molar-refractivity contribution < 1.29 is 9.59 Å². The van der Waals surface area contributed by atoms with Crippen LogP contribution in [0.15, 0.2) is 60.8 Å². The number of piperidine rings is 1. The first kappa shape index (κ1) is 25.5. The van der Waals surface area contributed by atoms with E-state index >= 15 is 0 Å². The predicted molar refractivity (Wildman–Crippen MR) is 156 cm³/mol. The second kappa shape index (κ2) is 11.1. The van der Waals surface area contributed by atoms with Crippen LogP contribution in [0.3, 0.4) is 0 Å². The van der Waals surface area contributed by atoms with Crippen molar-refractivity contribution in [2.45, 2.75) is 45.1 Å². The number of anilines is 2. The van der Waals surface area contributed by atoms with E-state index in [4.69, 9.17) is 4.98 Å². The summed E-state index contributed by atoms with van der Waals surface area (Å²) >= 11 is 1.38. The number of hydrazine groups is 1. The number of carbonyl (C=O) groups excluding carboxylic acids is 2. The zero-order valence-electron chi connectivity index (χ0n) is 22.0. The molecule has 4 heterocycles. The topological polar surface area (TPSA) is 90.5 Å². The SMILES string of the molecule is CCN(C(=O)c1ccc(-c2ccc(NC(=O)c3cc4cccnc4s3)cc2)nc1NC1CC1)N1CCCCC1. The zero-order chi connectivity index (χ0) is 26.8. The van der Waals surface area contributed by atoms with Crippen molar-refractivity contribution in [3.05, 3.63) is 71.2 Å². The van der Waals surface area contributed by atoms with Crippen LogP contribution in [0.1, 0.15) is 59.1 Å². The number of nitrogens with zero attached hydrogens (tertiary/aromatic N) is 4. The Morgan fingerprint density at radius 1 is 1.05 bits per heavy atom. The molecule has 1 saturated carbocycles. The number of rotatable bonds is 8. The predicted octanol–water partition coefficient (Wildman–Crippen LogP) is 6.05. The van der Waals surface area contributed by atoms with Gasteiger partial charge in [0.1, 0.15) is 10.6 Å². The quantitative estimate of drug-likeness (QED) is 0.283. The lowest BCUT2D eigenvalue weighted by Crippen LogP contribution is -2.48. The molecule has 6 rings (SSSR count). The molecule has 2 fully saturated rings. The maximum atomic E-state index is 13.6. The van der Waals surface area contributed by atoms with Crippen LogP contribution < -0.4 is 10.6 Å². The lowest BCUT2D eigenvalue weighted by molar-refractivity contribution is -0.0181. The Bertz CT molecular complexity index is 1460. The van der Waals surface area contributed by atoms with Crippen LogP contribution >= 0.6 is 11.3 Å². The average Bonchev–Trinajstić information content (AvgIpc) is 3.68. The van der Waals surface area contributed by atoms with Crippen molar-refractivity contribution in [1.29, 1.82) is 0 Å². The fraction of sp³-hybridized carbons (Fsp3) is 0.333.